The molecule has 1 fully saturated rings. The molecule has 1 rings (SSSR count). The summed E-state index contributed by atoms with van der Waals surface area (Å²) in [6, 6.07) is -0.294. The molecule has 4 N–H and O–H groups in total. The standard InChI is InChI=1S/C9H18N2O4/c12-2-4-15-3-1-10-9(14)8-5-7(13)6-11-8/h7-8,11-13H,1-6H2,(H,10,14). The van der Waals surface area contributed by atoms with Gasteiger partial charge in [-0.15, -0.1) is 0 Å². The van der Waals surface area contributed by atoms with Gasteiger partial charge in [-0.2, -0.15) is 0 Å². The number of amides is 1. The van der Waals surface area contributed by atoms with Crippen molar-refractivity contribution in [3.63, 3.8) is 0 Å². The third kappa shape index (κ3) is 4.57. The van der Waals surface area contributed by atoms with Crippen molar-refractivity contribution < 1.29 is 19.7 Å². The first-order chi connectivity index (χ1) is 7.24. The number of carbonyl (C=O) groups excluding carboxylic acids is 1. The molecule has 1 aliphatic heterocycles. The van der Waals surface area contributed by atoms with Gasteiger partial charge in [0, 0.05) is 13.1 Å². The molecule has 0 bridgehead atoms. The fourth-order valence-corrected chi connectivity index (χ4v) is 1.45. The summed E-state index contributed by atoms with van der Waals surface area (Å²) in [5.74, 6) is -0.112. The molecule has 0 spiro atoms. The van der Waals surface area contributed by atoms with Crippen molar-refractivity contribution in [1.82, 2.24) is 10.6 Å². The Balaban J connectivity index is 2.03. The zero-order valence-electron chi connectivity index (χ0n) is 8.61. The van der Waals surface area contributed by atoms with Crippen molar-refractivity contribution in [2.24, 2.45) is 0 Å². The third-order valence-corrected chi connectivity index (χ3v) is 2.21. The molecule has 0 aliphatic carbocycles. The molecule has 88 valence electrons. The number of aliphatic hydroxyl groups is 2. The van der Waals surface area contributed by atoms with Crippen molar-refractivity contribution in [2.75, 3.05) is 32.9 Å². The summed E-state index contributed by atoms with van der Waals surface area (Å²) in [6.45, 7) is 1.56. The number of carbonyl (C=O) groups is 1. The molecule has 0 aromatic heterocycles. The SMILES string of the molecule is O=C(NCCOCCO)C1CC(O)CN1. The molecule has 2 unspecified atom stereocenters. The van der Waals surface area contributed by atoms with E-state index in [9.17, 15) is 9.90 Å². The fraction of sp³-hybridized carbons (Fsp3) is 0.889. The molecular weight excluding hydrogens is 200 g/mol. The van der Waals surface area contributed by atoms with Gasteiger partial charge in [0.1, 0.15) is 0 Å². The summed E-state index contributed by atoms with van der Waals surface area (Å²) < 4.78 is 4.98. The van der Waals surface area contributed by atoms with Gasteiger partial charge in [-0.1, -0.05) is 0 Å². The monoisotopic (exact) mass is 218 g/mol. The summed E-state index contributed by atoms with van der Waals surface area (Å²) in [4.78, 5) is 11.4. The Kier molecular flexibility index (Phi) is 5.56. The predicted molar refractivity (Wildman–Crippen MR) is 53.3 cm³/mol. The van der Waals surface area contributed by atoms with Crippen molar-refractivity contribution >= 4 is 5.91 Å². The Hall–Kier alpha value is -0.690. The molecule has 6 nitrogen and oxygen atoms in total. The lowest BCUT2D eigenvalue weighted by atomic mass is 10.2. The zero-order chi connectivity index (χ0) is 11.1. The van der Waals surface area contributed by atoms with E-state index in [4.69, 9.17) is 9.84 Å². The van der Waals surface area contributed by atoms with Crippen LogP contribution in [0.1, 0.15) is 6.42 Å². The lowest BCUT2D eigenvalue weighted by molar-refractivity contribution is -0.123. The Morgan fingerprint density at radius 3 is 2.93 bits per heavy atom. The molecule has 0 aromatic rings. The minimum Gasteiger partial charge on any atom is -0.394 e. The van der Waals surface area contributed by atoms with Gasteiger partial charge >= 0.3 is 0 Å². The normalized spacial score (nSPS) is 25.5. The van der Waals surface area contributed by atoms with E-state index in [1.54, 1.807) is 0 Å². The fourth-order valence-electron chi connectivity index (χ4n) is 1.45. The van der Waals surface area contributed by atoms with Crippen LogP contribution in [0.2, 0.25) is 0 Å². The first-order valence-electron chi connectivity index (χ1n) is 5.12. The van der Waals surface area contributed by atoms with Crippen molar-refractivity contribution in [3.05, 3.63) is 0 Å². The average Bonchev–Trinajstić information content (AvgIpc) is 2.64. The largest absolute Gasteiger partial charge is 0.394 e. The van der Waals surface area contributed by atoms with Crippen LogP contribution < -0.4 is 10.6 Å². The minimum absolute atomic E-state index is 0.00960. The summed E-state index contributed by atoms with van der Waals surface area (Å²) in [6.07, 6.45) is 0.0370. The summed E-state index contributed by atoms with van der Waals surface area (Å²) in [5, 5.41) is 23.2. The maximum Gasteiger partial charge on any atom is 0.237 e. The molecular formula is C9H18N2O4. The van der Waals surface area contributed by atoms with Crippen LogP contribution in [0.25, 0.3) is 0 Å². The summed E-state index contributed by atoms with van der Waals surface area (Å²) in [5.41, 5.74) is 0. The van der Waals surface area contributed by atoms with Gasteiger partial charge in [-0.05, 0) is 6.42 Å². The third-order valence-electron chi connectivity index (χ3n) is 2.21. The molecule has 0 radical (unpaired) electrons. The van der Waals surface area contributed by atoms with Crippen LogP contribution in [-0.4, -0.2) is 61.2 Å². The highest BCUT2D eigenvalue weighted by molar-refractivity contribution is 5.82. The van der Waals surface area contributed by atoms with E-state index in [0.29, 0.717) is 26.1 Å². The predicted octanol–water partition coefficient (Wildman–Crippen LogP) is -2.17. The second-order valence-electron chi connectivity index (χ2n) is 3.48. The van der Waals surface area contributed by atoms with Gasteiger partial charge in [0.15, 0.2) is 0 Å². The highest BCUT2D eigenvalue weighted by Crippen LogP contribution is 2.05. The molecule has 1 saturated heterocycles. The molecule has 1 amide bonds. The van der Waals surface area contributed by atoms with Crippen molar-refractivity contribution in [1.29, 1.82) is 0 Å². The second kappa shape index (κ2) is 6.73. The van der Waals surface area contributed by atoms with E-state index in [-0.39, 0.29) is 25.2 Å². The van der Waals surface area contributed by atoms with Crippen LogP contribution in [0.15, 0.2) is 0 Å². The maximum absolute atomic E-state index is 11.4. The number of rotatable bonds is 6. The second-order valence-corrected chi connectivity index (χ2v) is 3.48. The van der Waals surface area contributed by atoms with E-state index in [1.165, 1.54) is 0 Å². The first-order valence-corrected chi connectivity index (χ1v) is 5.12. The van der Waals surface area contributed by atoms with Gasteiger partial charge in [0.25, 0.3) is 0 Å². The highest BCUT2D eigenvalue weighted by atomic mass is 16.5. The first kappa shape index (κ1) is 12.4. The average molecular weight is 218 g/mol. The van der Waals surface area contributed by atoms with E-state index in [0.717, 1.165) is 0 Å². The highest BCUT2D eigenvalue weighted by Gasteiger charge is 2.27. The van der Waals surface area contributed by atoms with Crippen molar-refractivity contribution in [2.45, 2.75) is 18.6 Å². The molecule has 6 heteroatoms. The minimum atomic E-state index is -0.425. The number of β-amino-alcohol motifs (C(OH)–C–C–N with tert-alkyl or cyclic N) is 1. The number of aliphatic hydroxyl groups excluding tert-OH is 2. The van der Waals surface area contributed by atoms with E-state index >= 15 is 0 Å². The van der Waals surface area contributed by atoms with E-state index in [1.807, 2.05) is 0 Å². The topological polar surface area (TPSA) is 90.8 Å². The Bertz CT molecular complexity index is 201. The molecule has 2 atom stereocenters. The molecule has 0 saturated carbocycles. The number of ether oxygens (including phenoxy) is 1. The Labute approximate surface area is 88.6 Å². The Morgan fingerprint density at radius 2 is 2.33 bits per heavy atom. The lowest BCUT2D eigenvalue weighted by Gasteiger charge is -2.10. The summed E-state index contributed by atoms with van der Waals surface area (Å²) >= 11 is 0. The van der Waals surface area contributed by atoms with E-state index < -0.39 is 6.10 Å². The van der Waals surface area contributed by atoms with Crippen LogP contribution in [-0.2, 0) is 9.53 Å². The van der Waals surface area contributed by atoms with Crippen LogP contribution in [0, 0.1) is 0 Å². The van der Waals surface area contributed by atoms with Crippen LogP contribution in [0.4, 0.5) is 0 Å². The molecule has 1 aliphatic rings. The van der Waals surface area contributed by atoms with Gasteiger partial charge in [0.2, 0.25) is 5.91 Å². The number of hydrogen-bond acceptors (Lipinski definition) is 5. The Morgan fingerprint density at radius 1 is 1.53 bits per heavy atom. The number of nitrogens with one attached hydrogen (secondary N) is 2. The smallest absolute Gasteiger partial charge is 0.237 e. The number of hydrogen-bond donors (Lipinski definition) is 4. The van der Waals surface area contributed by atoms with Gasteiger partial charge < -0.3 is 25.6 Å². The van der Waals surface area contributed by atoms with Gasteiger partial charge in [-0.25, -0.2) is 0 Å². The van der Waals surface area contributed by atoms with Crippen LogP contribution in [0.5, 0.6) is 0 Å². The lowest BCUT2D eigenvalue weighted by Crippen LogP contribution is -2.41. The van der Waals surface area contributed by atoms with E-state index in [2.05, 4.69) is 10.6 Å². The van der Waals surface area contributed by atoms with Gasteiger partial charge in [-0.3, -0.25) is 4.79 Å². The maximum atomic E-state index is 11.4. The van der Waals surface area contributed by atoms with Gasteiger partial charge in [0.05, 0.1) is 32.0 Å². The molecule has 0 aromatic carbocycles. The zero-order valence-corrected chi connectivity index (χ0v) is 8.61. The molecule has 1 heterocycles. The van der Waals surface area contributed by atoms with Crippen molar-refractivity contribution in [3.8, 4) is 0 Å². The quantitative estimate of drug-likeness (QED) is 0.381. The summed E-state index contributed by atoms with van der Waals surface area (Å²) in [7, 11) is 0. The molecule has 15 heavy (non-hydrogen) atoms. The van der Waals surface area contributed by atoms with Crippen LogP contribution in [0.3, 0.4) is 0 Å². The van der Waals surface area contributed by atoms with Crippen LogP contribution >= 0.6 is 0 Å².